The van der Waals surface area contributed by atoms with Crippen molar-refractivity contribution in [2.75, 3.05) is 0 Å². The average molecular weight is 168 g/mol. The second-order valence-corrected chi connectivity index (χ2v) is 1.52. The Hall–Kier alpha value is -0.888. The first-order chi connectivity index (χ1) is 4.30. The predicted octanol–water partition coefficient (Wildman–Crippen LogP) is -0.426. The lowest BCUT2D eigenvalue weighted by Crippen LogP contribution is -1.97. The van der Waals surface area contributed by atoms with Crippen molar-refractivity contribution >= 4 is 23.3 Å². The van der Waals surface area contributed by atoms with Crippen LogP contribution in [-0.2, 0) is 0 Å². The fraction of sp³-hybridized carbons (Fsp3) is 0. The molecule has 5 heteroatoms. The number of carboxylic acid groups (broad SMARTS) is 1. The van der Waals surface area contributed by atoms with Crippen LogP contribution in [0, 0.1) is 0 Å². The predicted molar refractivity (Wildman–Crippen MR) is 40.6 cm³/mol. The van der Waals surface area contributed by atoms with E-state index in [1.807, 2.05) is 0 Å². The quantitative estimate of drug-likeness (QED) is 0.578. The Morgan fingerprint density at radius 3 is 2.36 bits per heavy atom. The summed E-state index contributed by atoms with van der Waals surface area (Å²) < 4.78 is 0. The lowest BCUT2D eigenvalue weighted by molar-refractivity contribution is 0.0690. The van der Waals surface area contributed by atoms with E-state index in [0.717, 1.165) is 0 Å². The number of nitrogens with zero attached hydrogens (tertiary/aromatic N) is 1. The van der Waals surface area contributed by atoms with Gasteiger partial charge in [-0.3, -0.25) is 0 Å². The van der Waals surface area contributed by atoms with Gasteiger partial charge < -0.3 is 10.6 Å². The third kappa shape index (κ3) is 3.73. The van der Waals surface area contributed by atoms with Crippen molar-refractivity contribution in [2.24, 2.45) is 0 Å². The van der Waals surface area contributed by atoms with Crippen molar-refractivity contribution in [3.63, 3.8) is 0 Å². The molecule has 3 radical (unpaired) electrons. The molecular formula is C6H7AlNO3. The Morgan fingerprint density at radius 2 is 2.09 bits per heavy atom. The van der Waals surface area contributed by atoms with Crippen molar-refractivity contribution in [2.45, 2.75) is 0 Å². The second kappa shape index (κ2) is 5.86. The summed E-state index contributed by atoms with van der Waals surface area (Å²) in [5, 5.41) is 8.32. The van der Waals surface area contributed by atoms with Gasteiger partial charge in [-0.1, -0.05) is 6.07 Å². The molecule has 0 aliphatic heterocycles. The summed E-state index contributed by atoms with van der Waals surface area (Å²) in [6, 6.07) is 4.76. The standard InChI is InChI=1S/C6H5NO2.Al.H2O/c8-6(9)5-3-1-2-4-7-5;;/h1-4H,(H,8,9);;1H2. The summed E-state index contributed by atoms with van der Waals surface area (Å²) in [5.74, 6) is -0.990. The smallest absolute Gasteiger partial charge is 0.354 e. The largest absolute Gasteiger partial charge is 0.477 e. The molecule has 0 saturated carbocycles. The van der Waals surface area contributed by atoms with Gasteiger partial charge in [0.1, 0.15) is 5.69 Å². The molecule has 0 spiro atoms. The highest BCUT2D eigenvalue weighted by Gasteiger charge is 1.98. The number of carboxylic acids is 1. The highest BCUT2D eigenvalue weighted by Crippen LogP contribution is 1.90. The third-order valence-corrected chi connectivity index (χ3v) is 0.884. The van der Waals surface area contributed by atoms with Crippen LogP contribution in [0.5, 0.6) is 0 Å². The fourth-order valence-electron chi connectivity index (χ4n) is 0.489. The van der Waals surface area contributed by atoms with E-state index in [1.165, 1.54) is 12.3 Å². The molecule has 0 aromatic carbocycles. The van der Waals surface area contributed by atoms with E-state index in [2.05, 4.69) is 4.98 Å². The number of rotatable bonds is 1. The first-order valence-corrected chi connectivity index (χ1v) is 2.45. The van der Waals surface area contributed by atoms with Gasteiger partial charge in [0.2, 0.25) is 0 Å². The normalized spacial score (nSPS) is 7.27. The molecule has 3 N–H and O–H groups in total. The summed E-state index contributed by atoms with van der Waals surface area (Å²) in [6.45, 7) is 0. The Labute approximate surface area is 74.3 Å². The minimum absolute atomic E-state index is 0. The van der Waals surface area contributed by atoms with E-state index in [9.17, 15) is 4.79 Å². The first kappa shape index (κ1) is 12.8. The van der Waals surface area contributed by atoms with Crippen LogP contribution in [0.15, 0.2) is 24.4 Å². The zero-order valence-corrected chi connectivity index (χ0v) is 6.84. The highest BCUT2D eigenvalue weighted by atomic mass is 27.0. The molecule has 1 aromatic heterocycles. The molecule has 1 aromatic rings. The summed E-state index contributed by atoms with van der Waals surface area (Å²) in [4.78, 5) is 13.7. The molecular weight excluding hydrogens is 161 g/mol. The molecule has 0 unspecified atom stereocenters. The van der Waals surface area contributed by atoms with Crippen LogP contribution >= 0.6 is 0 Å². The topological polar surface area (TPSA) is 81.7 Å². The Morgan fingerprint density at radius 1 is 1.45 bits per heavy atom. The molecule has 57 valence electrons. The fourth-order valence-corrected chi connectivity index (χ4v) is 0.489. The van der Waals surface area contributed by atoms with E-state index in [1.54, 1.807) is 12.1 Å². The minimum atomic E-state index is -0.990. The van der Waals surface area contributed by atoms with Crippen molar-refractivity contribution in [1.82, 2.24) is 4.98 Å². The van der Waals surface area contributed by atoms with Gasteiger partial charge in [-0.05, 0) is 12.1 Å². The van der Waals surface area contributed by atoms with Crippen LogP contribution in [-0.4, -0.2) is 38.9 Å². The number of carbonyl (C=O) groups is 1. The van der Waals surface area contributed by atoms with Gasteiger partial charge in [0.25, 0.3) is 0 Å². The first-order valence-electron chi connectivity index (χ1n) is 2.45. The van der Waals surface area contributed by atoms with E-state index in [4.69, 9.17) is 5.11 Å². The number of aromatic nitrogens is 1. The van der Waals surface area contributed by atoms with E-state index < -0.39 is 5.97 Å². The van der Waals surface area contributed by atoms with Gasteiger partial charge in [0.05, 0.1) is 0 Å². The summed E-state index contributed by atoms with van der Waals surface area (Å²) in [6.07, 6.45) is 1.45. The molecule has 0 amide bonds. The number of hydrogen-bond donors (Lipinski definition) is 1. The summed E-state index contributed by atoms with van der Waals surface area (Å²) >= 11 is 0. The molecule has 0 atom stereocenters. The molecule has 1 heterocycles. The molecule has 0 saturated heterocycles. The number of hydrogen-bond acceptors (Lipinski definition) is 2. The molecule has 0 fully saturated rings. The lowest BCUT2D eigenvalue weighted by Gasteiger charge is -1.87. The maximum absolute atomic E-state index is 10.1. The monoisotopic (exact) mass is 168 g/mol. The molecule has 4 nitrogen and oxygen atoms in total. The van der Waals surface area contributed by atoms with Crippen LogP contribution in [0.4, 0.5) is 0 Å². The van der Waals surface area contributed by atoms with Gasteiger partial charge in [-0.2, -0.15) is 0 Å². The Kier molecular flexibility index (Phi) is 6.80. The van der Waals surface area contributed by atoms with Crippen LogP contribution in [0.1, 0.15) is 10.5 Å². The van der Waals surface area contributed by atoms with Crippen molar-refractivity contribution in [3.05, 3.63) is 30.1 Å². The van der Waals surface area contributed by atoms with Crippen molar-refractivity contribution in [1.29, 1.82) is 0 Å². The lowest BCUT2D eigenvalue weighted by atomic mass is 10.4. The molecule has 0 bridgehead atoms. The SMILES string of the molecule is O.O=C(O)c1ccccn1.[Al]. The number of aromatic carboxylic acids is 1. The van der Waals surface area contributed by atoms with Gasteiger partial charge in [-0.15, -0.1) is 0 Å². The van der Waals surface area contributed by atoms with Crippen LogP contribution < -0.4 is 0 Å². The maximum Gasteiger partial charge on any atom is 0.354 e. The molecule has 1 rings (SSSR count). The third-order valence-electron chi connectivity index (χ3n) is 0.884. The van der Waals surface area contributed by atoms with Gasteiger partial charge in [0.15, 0.2) is 0 Å². The zero-order valence-electron chi connectivity index (χ0n) is 5.69. The molecule has 11 heavy (non-hydrogen) atoms. The second-order valence-electron chi connectivity index (χ2n) is 1.52. The van der Waals surface area contributed by atoms with Gasteiger partial charge in [-0.25, -0.2) is 9.78 Å². The van der Waals surface area contributed by atoms with Crippen molar-refractivity contribution < 1.29 is 15.4 Å². The van der Waals surface area contributed by atoms with Crippen LogP contribution in [0.3, 0.4) is 0 Å². The van der Waals surface area contributed by atoms with E-state index >= 15 is 0 Å². The van der Waals surface area contributed by atoms with Gasteiger partial charge in [0, 0.05) is 23.6 Å². The zero-order chi connectivity index (χ0) is 6.69. The average Bonchev–Trinajstić information content (AvgIpc) is 1.90. The van der Waals surface area contributed by atoms with Crippen molar-refractivity contribution in [3.8, 4) is 0 Å². The Balaban J connectivity index is 0. The minimum Gasteiger partial charge on any atom is -0.477 e. The Bertz CT molecular complexity index is 214. The van der Waals surface area contributed by atoms with E-state index in [0.29, 0.717) is 0 Å². The highest BCUT2D eigenvalue weighted by molar-refractivity contribution is 5.85. The molecule has 0 aliphatic rings. The van der Waals surface area contributed by atoms with Gasteiger partial charge >= 0.3 is 5.97 Å². The van der Waals surface area contributed by atoms with Crippen LogP contribution in [0.25, 0.3) is 0 Å². The van der Waals surface area contributed by atoms with E-state index in [-0.39, 0.29) is 28.5 Å². The number of pyridine rings is 1. The summed E-state index contributed by atoms with van der Waals surface area (Å²) in [5.41, 5.74) is 0.0810. The summed E-state index contributed by atoms with van der Waals surface area (Å²) in [7, 11) is 0. The van der Waals surface area contributed by atoms with Crippen LogP contribution in [0.2, 0.25) is 0 Å². The maximum atomic E-state index is 10.1. The molecule has 0 aliphatic carbocycles.